The average Bonchev–Trinajstić information content (AvgIpc) is 2.03. The third kappa shape index (κ3) is 4.67. The lowest BCUT2D eigenvalue weighted by Gasteiger charge is -2.22. The second-order valence-corrected chi connectivity index (χ2v) is 3.76. The highest BCUT2D eigenvalue weighted by atomic mass is 28.4. The van der Waals surface area contributed by atoms with Crippen molar-refractivity contribution in [1.29, 1.82) is 0 Å². The fraction of sp³-hybridized carbons (Fsp3) is 0.667. The predicted molar refractivity (Wildman–Crippen MR) is 45.9 cm³/mol. The minimum atomic E-state index is -3.62. The highest BCUT2D eigenvalue weighted by Crippen LogP contribution is 2.15. The van der Waals surface area contributed by atoms with Gasteiger partial charge in [-0.2, -0.15) is 13.7 Å². The molecule has 8 heteroatoms. The van der Waals surface area contributed by atoms with Crippen molar-refractivity contribution in [3.63, 3.8) is 0 Å². The third-order valence-corrected chi connectivity index (χ3v) is 2.57. The van der Waals surface area contributed by atoms with Crippen molar-refractivity contribution in [2.24, 2.45) is 0 Å². The smallest absolute Gasteiger partial charge is 0.481 e. The van der Waals surface area contributed by atoms with Crippen molar-refractivity contribution in [2.45, 2.75) is 6.92 Å². The van der Waals surface area contributed by atoms with Gasteiger partial charge in [0.2, 0.25) is 0 Å². The molecule has 0 aliphatic heterocycles. The Labute approximate surface area is 83.3 Å². The van der Waals surface area contributed by atoms with Crippen LogP contribution in [0.1, 0.15) is 6.92 Å². The second kappa shape index (κ2) is 6.90. The van der Waals surface area contributed by atoms with E-state index in [1.54, 1.807) is 6.92 Å². The van der Waals surface area contributed by atoms with E-state index in [2.05, 4.69) is 35.0 Å². The summed E-state index contributed by atoms with van der Waals surface area (Å²) < 4.78 is 19.1. The Morgan fingerprint density at radius 1 is 0.929 bits per heavy atom. The van der Waals surface area contributed by atoms with E-state index in [1.165, 1.54) is 21.3 Å². The molecule has 7 nitrogen and oxygen atoms in total. The monoisotopic (exact) mass is 226 g/mol. The van der Waals surface area contributed by atoms with E-state index in [-0.39, 0.29) is 0 Å². The Morgan fingerprint density at radius 3 is 1.50 bits per heavy atom. The van der Waals surface area contributed by atoms with E-state index in [4.69, 9.17) is 4.43 Å². The molecule has 0 saturated carbocycles. The maximum Gasteiger partial charge on any atom is 0.834 e. The van der Waals surface area contributed by atoms with E-state index in [9.17, 15) is 0 Å². The van der Waals surface area contributed by atoms with Crippen LogP contribution >= 0.6 is 0 Å². The molecule has 0 radical (unpaired) electrons. The molecule has 0 aromatic carbocycles. The minimum absolute atomic E-state index is 0.308. The zero-order chi connectivity index (χ0) is 11.0. The Bertz CT molecular complexity index is 157. The largest absolute Gasteiger partial charge is 0.834 e. The van der Waals surface area contributed by atoms with Crippen LogP contribution in [0.15, 0.2) is 12.3 Å². The lowest BCUT2D eigenvalue weighted by atomic mass is 10.7. The van der Waals surface area contributed by atoms with Crippen LogP contribution in [0, 0.1) is 0 Å². The number of hydrogen-bond donors (Lipinski definition) is 0. The first-order valence-electron chi connectivity index (χ1n) is 3.60. The van der Waals surface area contributed by atoms with Crippen LogP contribution in [-0.4, -0.2) is 30.4 Å². The maximum atomic E-state index is 5.06. The first-order chi connectivity index (χ1) is 6.60. The zero-order valence-electron chi connectivity index (χ0n) is 8.56. The molecular formula is C6H14O7Si. The predicted octanol–water partition coefficient (Wildman–Crippen LogP) is 0.706. The van der Waals surface area contributed by atoms with Crippen LogP contribution in [0.3, 0.4) is 0 Å². The summed E-state index contributed by atoms with van der Waals surface area (Å²) >= 11 is 0. The maximum absolute atomic E-state index is 5.06. The lowest BCUT2D eigenvalue weighted by Crippen LogP contribution is -2.48. The van der Waals surface area contributed by atoms with Crippen molar-refractivity contribution >= 4 is 9.05 Å². The summed E-state index contributed by atoms with van der Waals surface area (Å²) in [6, 6.07) is 0. The molecule has 0 aromatic rings. The molecule has 0 N–H and O–H groups in total. The molecule has 0 bridgehead atoms. The van der Waals surface area contributed by atoms with Crippen LogP contribution in [0.4, 0.5) is 0 Å². The van der Waals surface area contributed by atoms with Crippen LogP contribution in [-0.2, 0) is 32.8 Å². The molecule has 0 spiro atoms. The summed E-state index contributed by atoms with van der Waals surface area (Å²) in [5, 5.41) is 0. The molecule has 0 rings (SSSR count). The molecule has 0 saturated heterocycles. The van der Waals surface area contributed by atoms with Crippen molar-refractivity contribution in [2.75, 3.05) is 21.3 Å². The topological polar surface area (TPSA) is 64.6 Å². The first kappa shape index (κ1) is 13.5. The van der Waals surface area contributed by atoms with Crippen molar-refractivity contribution in [1.82, 2.24) is 0 Å². The number of allylic oxidation sites excluding steroid dienone is 1. The lowest BCUT2D eigenvalue weighted by molar-refractivity contribution is -0.367. The normalized spacial score (nSPS) is 11.4. The fourth-order valence-electron chi connectivity index (χ4n) is 0.612. The molecule has 0 fully saturated rings. The van der Waals surface area contributed by atoms with Gasteiger partial charge in [0.1, 0.15) is 0 Å². The summed E-state index contributed by atoms with van der Waals surface area (Å²) in [7, 11) is 0.172. The fourth-order valence-corrected chi connectivity index (χ4v) is 1.84. The quantitative estimate of drug-likeness (QED) is 0.261. The van der Waals surface area contributed by atoms with Gasteiger partial charge in [0.05, 0.1) is 27.1 Å². The van der Waals surface area contributed by atoms with Crippen LogP contribution in [0.2, 0.25) is 0 Å². The van der Waals surface area contributed by atoms with Crippen LogP contribution in [0.5, 0.6) is 0 Å². The molecular weight excluding hydrogens is 212 g/mol. The average molecular weight is 226 g/mol. The highest BCUT2D eigenvalue weighted by molar-refractivity contribution is 6.52. The second-order valence-electron chi connectivity index (χ2n) is 2.05. The van der Waals surface area contributed by atoms with Gasteiger partial charge in [-0.05, 0) is 6.92 Å². The Balaban J connectivity index is 4.45. The summed E-state index contributed by atoms with van der Waals surface area (Å²) in [5.41, 5.74) is 0. The van der Waals surface area contributed by atoms with Crippen molar-refractivity contribution < 1.29 is 32.8 Å². The Morgan fingerprint density at radius 2 is 1.29 bits per heavy atom. The molecule has 0 aliphatic carbocycles. The van der Waals surface area contributed by atoms with Gasteiger partial charge < -0.3 is 4.43 Å². The van der Waals surface area contributed by atoms with Gasteiger partial charge in [-0.3, -0.25) is 0 Å². The number of hydrogen-bond acceptors (Lipinski definition) is 7. The standard InChI is InChI=1S/C6H14O7Si/c1-6(2)10-14(11-7-3,12-8-4)13-9-5/h1H2,2-5H3. The van der Waals surface area contributed by atoms with E-state index in [0.29, 0.717) is 5.76 Å². The van der Waals surface area contributed by atoms with Gasteiger partial charge in [0, 0.05) is 0 Å². The van der Waals surface area contributed by atoms with Crippen molar-refractivity contribution in [3.05, 3.63) is 12.3 Å². The van der Waals surface area contributed by atoms with Crippen molar-refractivity contribution in [3.8, 4) is 0 Å². The Hall–Kier alpha value is -0.483. The van der Waals surface area contributed by atoms with E-state index in [1.807, 2.05) is 0 Å². The summed E-state index contributed by atoms with van der Waals surface area (Å²) in [5.74, 6) is 0.308. The van der Waals surface area contributed by atoms with E-state index in [0.717, 1.165) is 0 Å². The van der Waals surface area contributed by atoms with Gasteiger partial charge in [-0.1, -0.05) is 6.58 Å². The van der Waals surface area contributed by atoms with Gasteiger partial charge >= 0.3 is 9.05 Å². The molecule has 0 amide bonds. The molecule has 0 atom stereocenters. The summed E-state index contributed by atoms with van der Waals surface area (Å²) in [6.45, 7) is 5.07. The van der Waals surface area contributed by atoms with E-state index >= 15 is 0 Å². The third-order valence-electron chi connectivity index (χ3n) is 0.855. The molecule has 0 aromatic heterocycles. The van der Waals surface area contributed by atoms with Crippen LogP contribution in [0.25, 0.3) is 0 Å². The SMILES string of the molecule is C=C(C)O[Si](OOC)(OOC)OOC. The number of rotatable bonds is 8. The summed E-state index contributed by atoms with van der Waals surface area (Å²) in [6.07, 6.45) is 0. The highest BCUT2D eigenvalue weighted by Gasteiger charge is 2.54. The molecule has 0 heterocycles. The summed E-state index contributed by atoms with van der Waals surface area (Å²) in [4.78, 5) is 13.2. The molecule has 84 valence electrons. The van der Waals surface area contributed by atoms with Crippen LogP contribution < -0.4 is 0 Å². The van der Waals surface area contributed by atoms with Gasteiger partial charge in [-0.15, -0.1) is 0 Å². The zero-order valence-corrected chi connectivity index (χ0v) is 9.56. The Kier molecular flexibility index (Phi) is 6.66. The molecule has 0 aliphatic rings. The van der Waals surface area contributed by atoms with Gasteiger partial charge in [0.15, 0.2) is 0 Å². The first-order valence-corrected chi connectivity index (χ1v) is 5.23. The van der Waals surface area contributed by atoms with Gasteiger partial charge in [0.25, 0.3) is 0 Å². The minimum Gasteiger partial charge on any atom is -0.481 e. The molecule has 14 heavy (non-hydrogen) atoms. The molecule has 0 unspecified atom stereocenters. The van der Waals surface area contributed by atoms with E-state index < -0.39 is 9.05 Å². The van der Waals surface area contributed by atoms with Gasteiger partial charge in [-0.25, -0.2) is 14.7 Å².